The van der Waals surface area contributed by atoms with Gasteiger partial charge < -0.3 is 5.11 Å². The maximum absolute atomic E-state index is 12.7. The lowest BCUT2D eigenvalue weighted by molar-refractivity contribution is 0.0695. The largest absolute Gasteiger partial charge is 0.478 e. The van der Waals surface area contributed by atoms with Crippen LogP contribution < -0.4 is 0 Å². The van der Waals surface area contributed by atoms with Crippen molar-refractivity contribution in [3.8, 4) is 0 Å². The van der Waals surface area contributed by atoms with Crippen LogP contribution in [-0.2, 0) is 0 Å². The van der Waals surface area contributed by atoms with Crippen LogP contribution in [0.15, 0.2) is 16.6 Å². The highest BCUT2D eigenvalue weighted by molar-refractivity contribution is 9.10. The first kappa shape index (κ1) is 9.12. The Hall–Kier alpha value is -0.970. The molecule has 0 atom stereocenters. The molecule has 0 radical (unpaired) electrons. The van der Waals surface area contributed by atoms with Gasteiger partial charge in [0.25, 0.3) is 0 Å². The molecule has 12 heavy (non-hydrogen) atoms. The van der Waals surface area contributed by atoms with E-state index >= 15 is 0 Å². The van der Waals surface area contributed by atoms with Crippen LogP contribution in [-0.4, -0.2) is 11.1 Å². The second kappa shape index (κ2) is 3.18. The SMILES string of the molecule is O=C(O)c1ccc(F)c(F)c1Br. The second-order valence-electron chi connectivity index (χ2n) is 2.03. The minimum Gasteiger partial charge on any atom is -0.478 e. The molecule has 1 aromatic rings. The molecule has 64 valence electrons. The summed E-state index contributed by atoms with van der Waals surface area (Å²) in [7, 11) is 0. The predicted octanol–water partition coefficient (Wildman–Crippen LogP) is 2.43. The van der Waals surface area contributed by atoms with Gasteiger partial charge in [0.15, 0.2) is 11.6 Å². The summed E-state index contributed by atoms with van der Waals surface area (Å²) in [5, 5.41) is 8.46. The Kier molecular flexibility index (Phi) is 2.42. The summed E-state index contributed by atoms with van der Waals surface area (Å²) in [5.74, 6) is -3.57. The lowest BCUT2D eigenvalue weighted by Gasteiger charge is -1.99. The molecule has 0 saturated heterocycles. The number of hydrogen-bond acceptors (Lipinski definition) is 1. The van der Waals surface area contributed by atoms with Crippen molar-refractivity contribution in [2.24, 2.45) is 0 Å². The first-order valence-electron chi connectivity index (χ1n) is 2.91. The zero-order valence-corrected chi connectivity index (χ0v) is 7.23. The van der Waals surface area contributed by atoms with Crippen molar-refractivity contribution in [2.45, 2.75) is 0 Å². The fourth-order valence-corrected chi connectivity index (χ4v) is 1.18. The van der Waals surface area contributed by atoms with Crippen molar-refractivity contribution in [3.05, 3.63) is 33.8 Å². The Morgan fingerprint density at radius 1 is 1.42 bits per heavy atom. The predicted molar refractivity (Wildman–Crippen MR) is 41.0 cm³/mol. The highest BCUT2D eigenvalue weighted by Crippen LogP contribution is 2.22. The highest BCUT2D eigenvalue weighted by Gasteiger charge is 2.15. The lowest BCUT2D eigenvalue weighted by Crippen LogP contribution is -2.00. The summed E-state index contributed by atoms with van der Waals surface area (Å²) in [6.07, 6.45) is 0. The van der Waals surface area contributed by atoms with Gasteiger partial charge in [-0.3, -0.25) is 0 Å². The maximum atomic E-state index is 12.7. The van der Waals surface area contributed by atoms with Crippen molar-refractivity contribution >= 4 is 21.9 Å². The first-order chi connectivity index (χ1) is 5.54. The molecule has 0 aliphatic heterocycles. The number of carboxylic acid groups (broad SMARTS) is 1. The minimum atomic E-state index is -1.30. The number of carboxylic acids is 1. The fourth-order valence-electron chi connectivity index (χ4n) is 0.691. The van der Waals surface area contributed by atoms with Crippen LogP contribution in [0, 0.1) is 11.6 Å². The molecule has 0 aliphatic carbocycles. The van der Waals surface area contributed by atoms with Crippen molar-refractivity contribution in [3.63, 3.8) is 0 Å². The van der Waals surface area contributed by atoms with E-state index in [9.17, 15) is 13.6 Å². The molecule has 0 spiro atoms. The number of aromatic carboxylic acids is 1. The highest BCUT2D eigenvalue weighted by atomic mass is 79.9. The van der Waals surface area contributed by atoms with Gasteiger partial charge in [-0.15, -0.1) is 0 Å². The molecule has 0 fully saturated rings. The van der Waals surface area contributed by atoms with Crippen LogP contribution in [0.2, 0.25) is 0 Å². The van der Waals surface area contributed by atoms with Crippen LogP contribution in [0.3, 0.4) is 0 Å². The van der Waals surface area contributed by atoms with Crippen LogP contribution in [0.1, 0.15) is 10.4 Å². The van der Waals surface area contributed by atoms with Crippen molar-refractivity contribution in [1.29, 1.82) is 0 Å². The standard InChI is InChI=1S/C7H3BrF2O2/c8-5-3(7(11)12)1-2-4(9)6(5)10/h1-2H,(H,11,12). The average Bonchev–Trinajstić information content (AvgIpc) is 2.00. The monoisotopic (exact) mass is 236 g/mol. The Labute approximate surface area is 75.0 Å². The molecule has 0 saturated carbocycles. The van der Waals surface area contributed by atoms with Gasteiger partial charge in [0.2, 0.25) is 0 Å². The molecule has 0 aromatic heterocycles. The summed E-state index contributed by atoms with van der Waals surface area (Å²) < 4.78 is 24.7. The van der Waals surface area contributed by atoms with Gasteiger partial charge in [0.1, 0.15) is 0 Å². The van der Waals surface area contributed by atoms with Gasteiger partial charge in [0, 0.05) is 0 Å². The molecule has 0 amide bonds. The van der Waals surface area contributed by atoms with Crippen molar-refractivity contribution < 1.29 is 18.7 Å². The number of hydrogen-bond donors (Lipinski definition) is 1. The Balaban J connectivity index is 3.36. The smallest absolute Gasteiger partial charge is 0.336 e. The fraction of sp³-hybridized carbons (Fsp3) is 0. The van der Waals surface area contributed by atoms with Gasteiger partial charge >= 0.3 is 5.97 Å². The molecular formula is C7H3BrF2O2. The van der Waals surface area contributed by atoms with E-state index in [-0.39, 0.29) is 10.0 Å². The quantitative estimate of drug-likeness (QED) is 0.761. The molecule has 0 aliphatic rings. The van der Waals surface area contributed by atoms with Gasteiger partial charge in [-0.05, 0) is 28.1 Å². The van der Waals surface area contributed by atoms with Gasteiger partial charge in [0.05, 0.1) is 10.0 Å². The first-order valence-corrected chi connectivity index (χ1v) is 3.70. The third kappa shape index (κ3) is 1.45. The second-order valence-corrected chi connectivity index (χ2v) is 2.82. The van der Waals surface area contributed by atoms with E-state index in [4.69, 9.17) is 5.11 Å². The zero-order chi connectivity index (χ0) is 9.30. The number of benzene rings is 1. The molecule has 0 heterocycles. The molecule has 1 aromatic carbocycles. The topological polar surface area (TPSA) is 37.3 Å². The molecule has 2 nitrogen and oxygen atoms in total. The molecule has 0 unspecified atom stereocenters. The van der Waals surface area contributed by atoms with E-state index in [1.807, 2.05) is 0 Å². The molecule has 0 bridgehead atoms. The third-order valence-corrected chi connectivity index (χ3v) is 2.04. The maximum Gasteiger partial charge on any atom is 0.336 e. The number of rotatable bonds is 1. The average molecular weight is 237 g/mol. The van der Waals surface area contributed by atoms with Gasteiger partial charge in [-0.25, -0.2) is 13.6 Å². The van der Waals surface area contributed by atoms with Crippen LogP contribution in [0.5, 0.6) is 0 Å². The van der Waals surface area contributed by atoms with Crippen LogP contribution in [0.4, 0.5) is 8.78 Å². The normalized spacial score (nSPS) is 9.92. The van der Waals surface area contributed by atoms with E-state index in [2.05, 4.69) is 15.9 Å². The summed E-state index contributed by atoms with van der Waals surface area (Å²) in [6, 6.07) is 1.76. The van der Waals surface area contributed by atoms with Gasteiger partial charge in [-0.2, -0.15) is 0 Å². The lowest BCUT2D eigenvalue weighted by atomic mass is 10.2. The molecular weight excluding hydrogens is 234 g/mol. The van der Waals surface area contributed by atoms with E-state index in [0.717, 1.165) is 12.1 Å². The molecule has 1 rings (SSSR count). The van der Waals surface area contributed by atoms with E-state index in [0.29, 0.717) is 0 Å². The minimum absolute atomic E-state index is 0.297. The zero-order valence-electron chi connectivity index (χ0n) is 5.64. The summed E-state index contributed by atoms with van der Waals surface area (Å²) in [4.78, 5) is 10.4. The summed E-state index contributed by atoms with van der Waals surface area (Å²) >= 11 is 2.64. The van der Waals surface area contributed by atoms with E-state index in [1.165, 1.54) is 0 Å². The van der Waals surface area contributed by atoms with E-state index in [1.54, 1.807) is 0 Å². The Morgan fingerprint density at radius 2 is 2.00 bits per heavy atom. The molecule has 5 heteroatoms. The summed E-state index contributed by atoms with van der Waals surface area (Å²) in [6.45, 7) is 0. The van der Waals surface area contributed by atoms with Crippen LogP contribution in [0.25, 0.3) is 0 Å². The number of halogens is 3. The van der Waals surface area contributed by atoms with Gasteiger partial charge in [-0.1, -0.05) is 0 Å². The Bertz CT molecular complexity index is 338. The van der Waals surface area contributed by atoms with E-state index < -0.39 is 17.6 Å². The third-order valence-electron chi connectivity index (χ3n) is 1.27. The van der Waals surface area contributed by atoms with Crippen LogP contribution >= 0.6 is 15.9 Å². The Morgan fingerprint density at radius 3 is 2.50 bits per heavy atom. The summed E-state index contributed by atoms with van der Waals surface area (Å²) in [5.41, 5.74) is -0.297. The molecule has 1 N–H and O–H groups in total. The van der Waals surface area contributed by atoms with Crippen molar-refractivity contribution in [1.82, 2.24) is 0 Å². The number of carbonyl (C=O) groups is 1. The van der Waals surface area contributed by atoms with Crippen molar-refractivity contribution in [2.75, 3.05) is 0 Å².